The summed E-state index contributed by atoms with van der Waals surface area (Å²) >= 11 is 0. The minimum atomic E-state index is -0.521. The number of hydrogen-bond acceptors (Lipinski definition) is 3. The summed E-state index contributed by atoms with van der Waals surface area (Å²) in [6, 6.07) is 0. The maximum atomic E-state index is 9.81. The number of nitrogens with zero attached hydrogens (tertiary/aromatic N) is 1. The summed E-state index contributed by atoms with van der Waals surface area (Å²) < 4.78 is 4.58. The van der Waals surface area contributed by atoms with Gasteiger partial charge in [0, 0.05) is 12.5 Å². The van der Waals surface area contributed by atoms with Gasteiger partial charge in [-0.25, -0.2) is 0 Å². The Morgan fingerprint density at radius 3 is 2.88 bits per heavy atom. The summed E-state index contributed by atoms with van der Waals surface area (Å²) in [5, 5.41) is 9.81. The average Bonchev–Trinajstić information content (AvgIpc) is 2.12. The number of rotatable bonds is 1. The van der Waals surface area contributed by atoms with Gasteiger partial charge in [0.1, 0.15) is 4.92 Å². The standard InChI is InChI=1S/C4H5NO3/c6-5(7)4-2-1-3-8-4/h2H,1,3H2. The van der Waals surface area contributed by atoms with Gasteiger partial charge in [-0.2, -0.15) is 0 Å². The summed E-state index contributed by atoms with van der Waals surface area (Å²) in [6.07, 6.45) is 2.14. The van der Waals surface area contributed by atoms with Gasteiger partial charge < -0.3 is 4.74 Å². The molecule has 0 unspecified atom stereocenters. The van der Waals surface area contributed by atoms with Crippen molar-refractivity contribution in [1.29, 1.82) is 0 Å². The van der Waals surface area contributed by atoms with E-state index in [1.165, 1.54) is 6.08 Å². The third-order valence-corrected chi connectivity index (χ3v) is 0.867. The van der Waals surface area contributed by atoms with E-state index in [0.29, 0.717) is 13.0 Å². The molecule has 1 aliphatic rings. The predicted molar refractivity (Wildman–Crippen MR) is 25.6 cm³/mol. The lowest BCUT2D eigenvalue weighted by Gasteiger charge is -1.88. The minimum Gasteiger partial charge on any atom is -0.440 e. The molecule has 0 spiro atoms. The van der Waals surface area contributed by atoms with Gasteiger partial charge in [-0.05, 0) is 0 Å². The van der Waals surface area contributed by atoms with E-state index < -0.39 is 4.92 Å². The zero-order valence-corrected chi connectivity index (χ0v) is 4.16. The molecule has 44 valence electrons. The van der Waals surface area contributed by atoms with E-state index in [1.807, 2.05) is 0 Å². The average molecular weight is 115 g/mol. The van der Waals surface area contributed by atoms with Crippen LogP contribution < -0.4 is 0 Å². The maximum Gasteiger partial charge on any atom is 0.424 e. The van der Waals surface area contributed by atoms with E-state index in [9.17, 15) is 10.1 Å². The molecule has 8 heavy (non-hydrogen) atoms. The SMILES string of the molecule is O=[N+]([O-])C1=CCCO1. The van der Waals surface area contributed by atoms with Gasteiger partial charge in [-0.1, -0.05) is 0 Å². The second-order valence-corrected chi connectivity index (χ2v) is 1.44. The van der Waals surface area contributed by atoms with Crippen molar-refractivity contribution in [2.75, 3.05) is 6.61 Å². The van der Waals surface area contributed by atoms with Crippen molar-refractivity contribution in [3.05, 3.63) is 22.1 Å². The quantitative estimate of drug-likeness (QED) is 0.370. The van der Waals surface area contributed by atoms with Gasteiger partial charge >= 0.3 is 5.88 Å². The van der Waals surface area contributed by atoms with Gasteiger partial charge in [0.05, 0.1) is 6.61 Å². The van der Waals surface area contributed by atoms with E-state index in [1.54, 1.807) is 0 Å². The lowest BCUT2D eigenvalue weighted by Crippen LogP contribution is -1.97. The molecule has 0 atom stereocenters. The lowest BCUT2D eigenvalue weighted by molar-refractivity contribution is -0.460. The molecule has 0 saturated heterocycles. The maximum absolute atomic E-state index is 9.81. The van der Waals surface area contributed by atoms with Crippen LogP contribution in [-0.2, 0) is 4.74 Å². The third-order valence-electron chi connectivity index (χ3n) is 0.867. The first-order valence-corrected chi connectivity index (χ1v) is 2.28. The zero-order valence-electron chi connectivity index (χ0n) is 4.16. The molecule has 0 fully saturated rings. The Hall–Kier alpha value is -1.06. The van der Waals surface area contributed by atoms with Crippen molar-refractivity contribution in [3.8, 4) is 0 Å². The smallest absolute Gasteiger partial charge is 0.424 e. The molecule has 0 bridgehead atoms. The largest absolute Gasteiger partial charge is 0.440 e. The number of nitro groups is 1. The van der Waals surface area contributed by atoms with E-state index in [-0.39, 0.29) is 5.88 Å². The Morgan fingerprint density at radius 1 is 1.88 bits per heavy atom. The predicted octanol–water partition coefficient (Wildman–Crippen LogP) is 0.525. The van der Waals surface area contributed by atoms with Crippen LogP contribution in [0.25, 0.3) is 0 Å². The van der Waals surface area contributed by atoms with E-state index in [4.69, 9.17) is 0 Å². The molecule has 0 amide bonds. The third kappa shape index (κ3) is 0.776. The highest BCUT2D eigenvalue weighted by molar-refractivity contribution is 4.87. The number of hydrogen-bond donors (Lipinski definition) is 0. The molecule has 0 aliphatic carbocycles. The van der Waals surface area contributed by atoms with Crippen LogP contribution >= 0.6 is 0 Å². The Kier molecular flexibility index (Phi) is 1.15. The monoisotopic (exact) mass is 115 g/mol. The van der Waals surface area contributed by atoms with Gasteiger partial charge in [0.2, 0.25) is 0 Å². The summed E-state index contributed by atoms with van der Waals surface area (Å²) in [5.74, 6) is -0.106. The topological polar surface area (TPSA) is 52.4 Å². The first-order chi connectivity index (χ1) is 3.80. The van der Waals surface area contributed by atoms with Crippen LogP contribution in [0.2, 0.25) is 0 Å². The van der Waals surface area contributed by atoms with Crippen molar-refractivity contribution in [2.24, 2.45) is 0 Å². The molecule has 4 heteroatoms. The van der Waals surface area contributed by atoms with Crippen LogP contribution in [0.3, 0.4) is 0 Å². The fraction of sp³-hybridized carbons (Fsp3) is 0.500. The summed E-state index contributed by atoms with van der Waals surface area (Å²) in [5.41, 5.74) is 0. The van der Waals surface area contributed by atoms with Gasteiger partial charge in [-0.3, -0.25) is 10.1 Å². The fourth-order valence-corrected chi connectivity index (χ4v) is 0.532. The van der Waals surface area contributed by atoms with Crippen LogP contribution in [0.5, 0.6) is 0 Å². The van der Waals surface area contributed by atoms with Crippen molar-refractivity contribution >= 4 is 0 Å². The molecular weight excluding hydrogens is 110 g/mol. The number of ether oxygens (including phenoxy) is 1. The van der Waals surface area contributed by atoms with Gasteiger partial charge in [-0.15, -0.1) is 0 Å². The second kappa shape index (κ2) is 1.81. The normalized spacial score (nSPS) is 17.2. The van der Waals surface area contributed by atoms with E-state index in [0.717, 1.165) is 0 Å². The Bertz CT molecular complexity index is 140. The van der Waals surface area contributed by atoms with Crippen LogP contribution in [0.4, 0.5) is 0 Å². The van der Waals surface area contributed by atoms with Crippen LogP contribution in [-0.4, -0.2) is 11.5 Å². The Labute approximate surface area is 45.9 Å². The van der Waals surface area contributed by atoms with Gasteiger partial charge in [0.15, 0.2) is 0 Å². The molecular formula is C4H5NO3. The lowest BCUT2D eigenvalue weighted by atomic mass is 10.5. The molecule has 1 rings (SSSR count). The Morgan fingerprint density at radius 2 is 2.62 bits per heavy atom. The van der Waals surface area contributed by atoms with Crippen LogP contribution in [0.15, 0.2) is 12.0 Å². The van der Waals surface area contributed by atoms with Crippen molar-refractivity contribution in [1.82, 2.24) is 0 Å². The zero-order chi connectivity index (χ0) is 5.98. The molecule has 0 aromatic heterocycles. The van der Waals surface area contributed by atoms with Gasteiger partial charge in [0.25, 0.3) is 0 Å². The van der Waals surface area contributed by atoms with Crippen molar-refractivity contribution < 1.29 is 9.66 Å². The summed E-state index contributed by atoms with van der Waals surface area (Å²) in [6.45, 7) is 0.455. The van der Waals surface area contributed by atoms with E-state index in [2.05, 4.69) is 4.74 Å². The first-order valence-electron chi connectivity index (χ1n) is 2.28. The minimum absolute atomic E-state index is 0.106. The molecule has 1 aliphatic heterocycles. The molecule has 1 heterocycles. The first kappa shape index (κ1) is 5.08. The second-order valence-electron chi connectivity index (χ2n) is 1.44. The molecule has 0 radical (unpaired) electrons. The molecule has 4 nitrogen and oxygen atoms in total. The van der Waals surface area contributed by atoms with E-state index >= 15 is 0 Å². The highest BCUT2D eigenvalue weighted by atomic mass is 16.7. The molecule has 0 aromatic rings. The summed E-state index contributed by atoms with van der Waals surface area (Å²) in [4.78, 5) is 9.29. The highest BCUT2D eigenvalue weighted by Gasteiger charge is 2.15. The van der Waals surface area contributed by atoms with Crippen molar-refractivity contribution in [2.45, 2.75) is 6.42 Å². The Balaban J connectivity index is 2.57. The van der Waals surface area contributed by atoms with Crippen molar-refractivity contribution in [3.63, 3.8) is 0 Å². The fourth-order valence-electron chi connectivity index (χ4n) is 0.532. The molecule has 0 N–H and O–H groups in total. The van der Waals surface area contributed by atoms with Crippen LogP contribution in [0, 0.1) is 10.1 Å². The highest BCUT2D eigenvalue weighted by Crippen LogP contribution is 2.07. The summed E-state index contributed by atoms with van der Waals surface area (Å²) in [7, 11) is 0. The molecule has 0 saturated carbocycles. The van der Waals surface area contributed by atoms with Crippen LogP contribution in [0.1, 0.15) is 6.42 Å². The molecule has 0 aromatic carbocycles.